The summed E-state index contributed by atoms with van der Waals surface area (Å²) >= 11 is 5.97. The van der Waals surface area contributed by atoms with Crippen LogP contribution < -0.4 is 0 Å². The Morgan fingerprint density at radius 1 is 1.40 bits per heavy atom. The number of hydrogen-bond donors (Lipinski definition) is 0. The molecule has 2 heteroatoms. The SMILES string of the molecule is CCOCCC(Cl)C(C)C. The highest BCUT2D eigenvalue weighted by Gasteiger charge is 2.07. The van der Waals surface area contributed by atoms with E-state index in [0.717, 1.165) is 19.6 Å². The third-order valence-corrected chi connectivity index (χ3v) is 2.19. The molecule has 0 amide bonds. The van der Waals surface area contributed by atoms with Crippen LogP contribution >= 0.6 is 11.6 Å². The molecule has 1 atom stereocenters. The lowest BCUT2D eigenvalue weighted by Crippen LogP contribution is -2.10. The summed E-state index contributed by atoms with van der Waals surface area (Å²) in [5.74, 6) is 0.558. The van der Waals surface area contributed by atoms with Crippen molar-refractivity contribution in [1.29, 1.82) is 0 Å². The lowest BCUT2D eigenvalue weighted by atomic mass is 10.1. The molecule has 0 radical (unpaired) electrons. The van der Waals surface area contributed by atoms with Gasteiger partial charge in [-0.15, -0.1) is 11.6 Å². The first-order valence-corrected chi connectivity index (χ1v) is 4.34. The van der Waals surface area contributed by atoms with E-state index in [1.165, 1.54) is 0 Å². The molecular formula is C8H17ClO. The summed E-state index contributed by atoms with van der Waals surface area (Å²) in [7, 11) is 0. The van der Waals surface area contributed by atoms with E-state index in [0.29, 0.717) is 5.92 Å². The Hall–Kier alpha value is 0.250. The second-order valence-electron chi connectivity index (χ2n) is 2.75. The number of rotatable bonds is 5. The molecule has 0 N–H and O–H groups in total. The fourth-order valence-electron chi connectivity index (χ4n) is 0.674. The van der Waals surface area contributed by atoms with Crippen molar-refractivity contribution >= 4 is 11.6 Å². The van der Waals surface area contributed by atoms with Gasteiger partial charge in [-0.3, -0.25) is 0 Å². The van der Waals surface area contributed by atoms with Crippen LogP contribution in [0.2, 0.25) is 0 Å². The van der Waals surface area contributed by atoms with Crippen molar-refractivity contribution in [1.82, 2.24) is 0 Å². The second-order valence-corrected chi connectivity index (χ2v) is 3.31. The van der Waals surface area contributed by atoms with Crippen LogP contribution in [-0.2, 0) is 4.74 Å². The normalized spacial score (nSPS) is 14.1. The van der Waals surface area contributed by atoms with Crippen LogP contribution in [0.4, 0.5) is 0 Å². The molecule has 0 spiro atoms. The van der Waals surface area contributed by atoms with Gasteiger partial charge in [-0.1, -0.05) is 13.8 Å². The molecule has 0 heterocycles. The van der Waals surface area contributed by atoms with Gasteiger partial charge in [0.15, 0.2) is 0 Å². The summed E-state index contributed by atoms with van der Waals surface area (Å²) in [5, 5.41) is 0.270. The van der Waals surface area contributed by atoms with Crippen LogP contribution in [-0.4, -0.2) is 18.6 Å². The minimum absolute atomic E-state index is 0.270. The van der Waals surface area contributed by atoms with Gasteiger partial charge in [-0.2, -0.15) is 0 Å². The van der Waals surface area contributed by atoms with Crippen molar-refractivity contribution in [3.63, 3.8) is 0 Å². The summed E-state index contributed by atoms with van der Waals surface area (Å²) in [4.78, 5) is 0. The Kier molecular flexibility index (Phi) is 6.14. The fourth-order valence-corrected chi connectivity index (χ4v) is 0.763. The van der Waals surface area contributed by atoms with E-state index in [2.05, 4.69) is 13.8 Å². The smallest absolute Gasteiger partial charge is 0.0480 e. The van der Waals surface area contributed by atoms with Gasteiger partial charge >= 0.3 is 0 Å². The van der Waals surface area contributed by atoms with Gasteiger partial charge in [0.1, 0.15) is 0 Å². The van der Waals surface area contributed by atoms with Crippen LogP contribution in [0.15, 0.2) is 0 Å². The Labute approximate surface area is 68.7 Å². The molecule has 0 bridgehead atoms. The predicted molar refractivity (Wildman–Crippen MR) is 45.6 cm³/mol. The van der Waals surface area contributed by atoms with Crippen molar-refractivity contribution in [3.8, 4) is 0 Å². The average Bonchev–Trinajstić information content (AvgIpc) is 1.88. The Morgan fingerprint density at radius 3 is 2.40 bits per heavy atom. The van der Waals surface area contributed by atoms with E-state index in [1.807, 2.05) is 6.92 Å². The van der Waals surface area contributed by atoms with E-state index in [4.69, 9.17) is 16.3 Å². The summed E-state index contributed by atoms with van der Waals surface area (Å²) in [5.41, 5.74) is 0. The van der Waals surface area contributed by atoms with E-state index in [-0.39, 0.29) is 5.38 Å². The van der Waals surface area contributed by atoms with Crippen molar-refractivity contribution < 1.29 is 4.74 Å². The highest BCUT2D eigenvalue weighted by molar-refractivity contribution is 6.20. The predicted octanol–water partition coefficient (Wildman–Crippen LogP) is 2.68. The van der Waals surface area contributed by atoms with Gasteiger partial charge in [0.2, 0.25) is 0 Å². The van der Waals surface area contributed by atoms with Gasteiger partial charge in [0.05, 0.1) is 0 Å². The van der Waals surface area contributed by atoms with Gasteiger partial charge < -0.3 is 4.74 Å². The highest BCUT2D eigenvalue weighted by atomic mass is 35.5. The van der Waals surface area contributed by atoms with Crippen molar-refractivity contribution in [2.24, 2.45) is 5.92 Å². The van der Waals surface area contributed by atoms with E-state index in [9.17, 15) is 0 Å². The third-order valence-electron chi connectivity index (χ3n) is 1.47. The van der Waals surface area contributed by atoms with Crippen LogP contribution in [0, 0.1) is 5.92 Å². The monoisotopic (exact) mass is 164 g/mol. The summed E-state index contributed by atoms with van der Waals surface area (Å²) < 4.78 is 5.17. The van der Waals surface area contributed by atoms with Gasteiger partial charge in [-0.05, 0) is 19.3 Å². The summed E-state index contributed by atoms with van der Waals surface area (Å²) in [6.45, 7) is 7.84. The zero-order valence-electron chi connectivity index (χ0n) is 7.06. The van der Waals surface area contributed by atoms with Crippen molar-refractivity contribution in [2.45, 2.75) is 32.6 Å². The lowest BCUT2D eigenvalue weighted by molar-refractivity contribution is 0.141. The van der Waals surface area contributed by atoms with Crippen LogP contribution in [0.25, 0.3) is 0 Å². The summed E-state index contributed by atoms with van der Waals surface area (Å²) in [6.07, 6.45) is 0.965. The van der Waals surface area contributed by atoms with E-state index < -0.39 is 0 Å². The average molecular weight is 165 g/mol. The molecule has 10 heavy (non-hydrogen) atoms. The van der Waals surface area contributed by atoms with E-state index >= 15 is 0 Å². The molecule has 0 aromatic heterocycles. The maximum Gasteiger partial charge on any atom is 0.0480 e. The number of hydrogen-bond acceptors (Lipinski definition) is 1. The molecule has 0 saturated heterocycles. The van der Waals surface area contributed by atoms with Crippen LogP contribution in [0.1, 0.15) is 27.2 Å². The second kappa shape index (κ2) is 5.99. The van der Waals surface area contributed by atoms with Gasteiger partial charge in [0, 0.05) is 18.6 Å². The number of ether oxygens (including phenoxy) is 1. The summed E-state index contributed by atoms with van der Waals surface area (Å²) in [6, 6.07) is 0. The van der Waals surface area contributed by atoms with E-state index in [1.54, 1.807) is 0 Å². The topological polar surface area (TPSA) is 9.23 Å². The molecule has 0 aliphatic rings. The van der Waals surface area contributed by atoms with Crippen LogP contribution in [0.5, 0.6) is 0 Å². The highest BCUT2D eigenvalue weighted by Crippen LogP contribution is 2.12. The first kappa shape index (κ1) is 10.2. The molecule has 0 aromatic carbocycles. The largest absolute Gasteiger partial charge is 0.382 e. The molecule has 1 nitrogen and oxygen atoms in total. The quantitative estimate of drug-likeness (QED) is 0.449. The third kappa shape index (κ3) is 5.07. The molecule has 0 saturated carbocycles. The van der Waals surface area contributed by atoms with Gasteiger partial charge in [-0.25, -0.2) is 0 Å². The molecule has 0 aliphatic carbocycles. The molecule has 1 unspecified atom stereocenters. The molecule has 0 fully saturated rings. The Morgan fingerprint density at radius 2 is 2.00 bits per heavy atom. The number of alkyl halides is 1. The van der Waals surface area contributed by atoms with Crippen molar-refractivity contribution in [3.05, 3.63) is 0 Å². The molecule has 62 valence electrons. The lowest BCUT2D eigenvalue weighted by Gasteiger charge is -2.12. The molecule has 0 aliphatic heterocycles. The minimum Gasteiger partial charge on any atom is -0.382 e. The molecular weight excluding hydrogens is 148 g/mol. The molecule has 0 aromatic rings. The first-order chi connectivity index (χ1) is 4.68. The van der Waals surface area contributed by atoms with Gasteiger partial charge in [0.25, 0.3) is 0 Å². The maximum absolute atomic E-state index is 5.97. The zero-order valence-corrected chi connectivity index (χ0v) is 7.82. The standard InChI is InChI=1S/C8H17ClO/c1-4-10-6-5-8(9)7(2)3/h7-8H,4-6H2,1-3H3. The maximum atomic E-state index is 5.97. The fraction of sp³-hybridized carbons (Fsp3) is 1.00. The first-order valence-electron chi connectivity index (χ1n) is 3.90. The Balaban J connectivity index is 3.13. The minimum atomic E-state index is 0.270. The van der Waals surface area contributed by atoms with Crippen molar-refractivity contribution in [2.75, 3.05) is 13.2 Å². The number of halogens is 1. The Bertz CT molecular complexity index is 73.7. The van der Waals surface area contributed by atoms with Crippen LogP contribution in [0.3, 0.4) is 0 Å². The zero-order chi connectivity index (χ0) is 7.98. The molecule has 0 rings (SSSR count).